The van der Waals surface area contributed by atoms with Crippen LogP contribution in [0, 0.1) is 13.8 Å². The van der Waals surface area contributed by atoms with E-state index in [4.69, 9.17) is 0 Å². The smallest absolute Gasteiger partial charge is 0.279 e. The molecule has 1 N–H and O–H groups in total. The van der Waals surface area contributed by atoms with Crippen LogP contribution in [-0.4, -0.2) is 9.78 Å². The van der Waals surface area contributed by atoms with Crippen LogP contribution in [0.3, 0.4) is 0 Å². The Morgan fingerprint density at radius 3 is 2.55 bits per heavy atom. The lowest BCUT2D eigenvalue weighted by Crippen LogP contribution is -2.16. The lowest BCUT2D eigenvalue weighted by atomic mass is 10.1. The van der Waals surface area contributed by atoms with Crippen molar-refractivity contribution in [3.63, 3.8) is 0 Å². The van der Waals surface area contributed by atoms with Crippen LogP contribution in [0.1, 0.15) is 11.1 Å². The minimum atomic E-state index is -0.0232. The van der Waals surface area contributed by atoms with Crippen LogP contribution < -0.4 is 5.56 Å². The van der Waals surface area contributed by atoms with Crippen molar-refractivity contribution in [2.75, 3.05) is 0 Å². The summed E-state index contributed by atoms with van der Waals surface area (Å²) in [6, 6.07) is 15.8. The minimum absolute atomic E-state index is 0.0232. The molecule has 0 spiro atoms. The minimum Gasteiger partial charge on any atom is -0.298 e. The first-order chi connectivity index (χ1) is 9.66. The average molecular weight is 264 g/mol. The highest BCUT2D eigenvalue weighted by Gasteiger charge is 2.10. The molecule has 0 amide bonds. The Kier molecular flexibility index (Phi) is 3.03. The van der Waals surface area contributed by atoms with Crippen molar-refractivity contribution < 1.29 is 0 Å². The Morgan fingerprint density at radius 2 is 1.80 bits per heavy atom. The number of rotatable bonds is 2. The Hall–Kier alpha value is -2.55. The van der Waals surface area contributed by atoms with E-state index in [1.165, 1.54) is 0 Å². The molecular weight excluding hydrogens is 248 g/mol. The molecule has 0 saturated heterocycles. The number of aromatic amines is 1. The van der Waals surface area contributed by atoms with Gasteiger partial charge in [-0.25, -0.2) is 4.68 Å². The summed E-state index contributed by atoms with van der Waals surface area (Å²) in [5.41, 5.74) is 4.70. The van der Waals surface area contributed by atoms with Crippen LogP contribution in [0.5, 0.6) is 0 Å². The average Bonchev–Trinajstić information content (AvgIpc) is 2.81. The molecule has 0 aliphatic carbocycles. The second kappa shape index (κ2) is 4.85. The van der Waals surface area contributed by atoms with Gasteiger partial charge < -0.3 is 0 Å². The molecule has 100 valence electrons. The van der Waals surface area contributed by atoms with Crippen LogP contribution in [0.25, 0.3) is 16.8 Å². The number of hydrogen-bond acceptors (Lipinski definition) is 1. The molecule has 0 atom stereocenters. The first-order valence-corrected chi connectivity index (χ1v) is 6.60. The molecule has 2 aromatic carbocycles. The van der Waals surface area contributed by atoms with Gasteiger partial charge in [-0.05, 0) is 31.0 Å². The summed E-state index contributed by atoms with van der Waals surface area (Å²) in [6.45, 7) is 4.02. The van der Waals surface area contributed by atoms with Crippen LogP contribution in [0.4, 0.5) is 0 Å². The van der Waals surface area contributed by atoms with Crippen molar-refractivity contribution in [2.45, 2.75) is 13.8 Å². The molecule has 0 fully saturated rings. The monoisotopic (exact) mass is 264 g/mol. The van der Waals surface area contributed by atoms with Gasteiger partial charge in [-0.1, -0.05) is 48.0 Å². The molecule has 1 aromatic heterocycles. The molecule has 0 aliphatic heterocycles. The second-order valence-corrected chi connectivity index (χ2v) is 4.98. The lowest BCUT2D eigenvalue weighted by Gasteiger charge is -2.04. The Bertz CT molecular complexity index is 812. The van der Waals surface area contributed by atoms with Gasteiger partial charge in [0.05, 0.1) is 11.3 Å². The molecule has 3 nitrogen and oxygen atoms in total. The fourth-order valence-corrected chi connectivity index (χ4v) is 2.38. The van der Waals surface area contributed by atoms with E-state index in [0.717, 1.165) is 22.4 Å². The molecule has 1 heterocycles. The zero-order valence-corrected chi connectivity index (χ0v) is 11.6. The van der Waals surface area contributed by atoms with E-state index in [9.17, 15) is 4.79 Å². The number of aromatic nitrogens is 2. The third-order valence-electron chi connectivity index (χ3n) is 3.46. The van der Waals surface area contributed by atoms with Gasteiger partial charge in [0.1, 0.15) is 0 Å². The molecular formula is C17H16N2O. The van der Waals surface area contributed by atoms with E-state index < -0.39 is 0 Å². The van der Waals surface area contributed by atoms with E-state index in [1.54, 1.807) is 10.9 Å². The van der Waals surface area contributed by atoms with Crippen LogP contribution in [0.2, 0.25) is 0 Å². The Balaban J connectivity index is 2.15. The van der Waals surface area contributed by atoms with Gasteiger partial charge in [-0.15, -0.1) is 0 Å². The summed E-state index contributed by atoms with van der Waals surface area (Å²) in [6.07, 6.45) is 1.77. The summed E-state index contributed by atoms with van der Waals surface area (Å²) in [7, 11) is 0. The lowest BCUT2D eigenvalue weighted by molar-refractivity contribution is 0.843. The number of benzene rings is 2. The highest BCUT2D eigenvalue weighted by Crippen LogP contribution is 2.18. The molecule has 0 aliphatic rings. The van der Waals surface area contributed by atoms with E-state index in [2.05, 4.69) is 5.10 Å². The fraction of sp³-hybridized carbons (Fsp3) is 0.118. The van der Waals surface area contributed by atoms with Crippen molar-refractivity contribution >= 4 is 0 Å². The van der Waals surface area contributed by atoms with Gasteiger partial charge in [-0.3, -0.25) is 9.89 Å². The summed E-state index contributed by atoms with van der Waals surface area (Å²) in [5.74, 6) is 0. The molecule has 0 unspecified atom stereocenters. The first-order valence-electron chi connectivity index (χ1n) is 6.60. The zero-order valence-electron chi connectivity index (χ0n) is 11.6. The maximum atomic E-state index is 12.6. The van der Waals surface area contributed by atoms with Crippen LogP contribution in [0.15, 0.2) is 59.5 Å². The van der Waals surface area contributed by atoms with Crippen molar-refractivity contribution in [3.05, 3.63) is 76.2 Å². The highest BCUT2D eigenvalue weighted by molar-refractivity contribution is 5.63. The maximum absolute atomic E-state index is 12.6. The molecule has 0 saturated carbocycles. The summed E-state index contributed by atoms with van der Waals surface area (Å²) in [5, 5.41) is 3.05. The molecule has 20 heavy (non-hydrogen) atoms. The Labute approximate surface area is 117 Å². The largest absolute Gasteiger partial charge is 0.298 e. The third kappa shape index (κ3) is 2.07. The molecule has 0 bridgehead atoms. The van der Waals surface area contributed by atoms with Crippen molar-refractivity contribution in [2.24, 2.45) is 0 Å². The molecule has 3 rings (SSSR count). The van der Waals surface area contributed by atoms with E-state index in [1.807, 2.05) is 62.4 Å². The van der Waals surface area contributed by atoms with E-state index in [-0.39, 0.29) is 5.56 Å². The zero-order chi connectivity index (χ0) is 14.1. The SMILES string of the molecule is Cc1cccc(-c2c[nH]n(-c3ccccc3C)c2=O)c1. The standard InChI is InChI=1S/C17H16N2O/c1-12-6-5-8-14(10-12)15-11-18-19(17(15)20)16-9-4-3-7-13(16)2/h3-11,18H,1-2H3. The number of nitrogens with zero attached hydrogens (tertiary/aromatic N) is 1. The molecule has 3 heteroatoms. The maximum Gasteiger partial charge on any atom is 0.279 e. The number of para-hydroxylation sites is 1. The predicted molar refractivity (Wildman–Crippen MR) is 81.3 cm³/mol. The van der Waals surface area contributed by atoms with Crippen molar-refractivity contribution in [1.29, 1.82) is 0 Å². The first kappa shape index (κ1) is 12.5. The number of H-pyrrole nitrogens is 1. The van der Waals surface area contributed by atoms with Gasteiger partial charge in [0.25, 0.3) is 5.56 Å². The fourth-order valence-electron chi connectivity index (χ4n) is 2.38. The predicted octanol–water partition coefficient (Wildman–Crippen LogP) is 3.45. The van der Waals surface area contributed by atoms with Gasteiger partial charge in [0.2, 0.25) is 0 Å². The van der Waals surface area contributed by atoms with E-state index in [0.29, 0.717) is 5.56 Å². The van der Waals surface area contributed by atoms with Gasteiger partial charge in [-0.2, -0.15) is 0 Å². The quantitative estimate of drug-likeness (QED) is 0.756. The summed E-state index contributed by atoms with van der Waals surface area (Å²) < 4.78 is 1.59. The van der Waals surface area contributed by atoms with Crippen LogP contribution in [-0.2, 0) is 0 Å². The van der Waals surface area contributed by atoms with Crippen molar-refractivity contribution in [3.8, 4) is 16.8 Å². The number of aryl methyl sites for hydroxylation is 2. The third-order valence-corrected chi connectivity index (χ3v) is 3.46. The molecule has 3 aromatic rings. The summed E-state index contributed by atoms with van der Waals surface area (Å²) >= 11 is 0. The van der Waals surface area contributed by atoms with Gasteiger partial charge >= 0.3 is 0 Å². The Morgan fingerprint density at radius 1 is 1.00 bits per heavy atom. The van der Waals surface area contributed by atoms with Crippen molar-refractivity contribution in [1.82, 2.24) is 9.78 Å². The highest BCUT2D eigenvalue weighted by atomic mass is 16.1. The number of hydrogen-bond donors (Lipinski definition) is 1. The van der Waals surface area contributed by atoms with E-state index >= 15 is 0 Å². The molecule has 0 radical (unpaired) electrons. The number of nitrogens with one attached hydrogen (secondary N) is 1. The summed E-state index contributed by atoms with van der Waals surface area (Å²) in [4.78, 5) is 12.6. The normalized spacial score (nSPS) is 10.7. The topological polar surface area (TPSA) is 37.8 Å². The van der Waals surface area contributed by atoms with Gasteiger partial charge in [0, 0.05) is 6.20 Å². The van der Waals surface area contributed by atoms with Gasteiger partial charge in [0.15, 0.2) is 0 Å². The van der Waals surface area contributed by atoms with Crippen LogP contribution >= 0.6 is 0 Å². The second-order valence-electron chi connectivity index (χ2n) is 4.98.